The summed E-state index contributed by atoms with van der Waals surface area (Å²) in [6.07, 6.45) is -0.821. The fraction of sp³-hybridized carbons (Fsp3) is 0.545. The van der Waals surface area contributed by atoms with Crippen molar-refractivity contribution >= 4 is 23.6 Å². The normalized spacial score (nSPS) is 18.9. The summed E-state index contributed by atoms with van der Waals surface area (Å²) in [5.74, 6) is -1.06. The monoisotopic (exact) mass is 451 g/mol. The Morgan fingerprint density at radius 2 is 1.91 bits per heavy atom. The van der Waals surface area contributed by atoms with Gasteiger partial charge in [-0.15, -0.1) is 0 Å². The van der Waals surface area contributed by atoms with Gasteiger partial charge in [0.1, 0.15) is 11.6 Å². The third-order valence-electron chi connectivity index (χ3n) is 5.87. The lowest BCUT2D eigenvalue weighted by Crippen LogP contribution is -2.44. The van der Waals surface area contributed by atoms with Gasteiger partial charge in [0.05, 0.1) is 22.9 Å². The van der Waals surface area contributed by atoms with Crippen LogP contribution in [0.3, 0.4) is 0 Å². The molecular weight excluding hydrogens is 427 g/mol. The molecule has 7 nitrogen and oxygen atoms in total. The van der Waals surface area contributed by atoms with E-state index in [2.05, 4.69) is 0 Å². The molecular formula is C22H24F3N3O4. The number of alkyl halides is 3. The van der Waals surface area contributed by atoms with Crippen LogP contribution in [0.2, 0.25) is 0 Å². The van der Waals surface area contributed by atoms with Crippen LogP contribution < -0.4 is 4.90 Å². The summed E-state index contributed by atoms with van der Waals surface area (Å²) in [4.78, 5) is 39.8. The van der Waals surface area contributed by atoms with Gasteiger partial charge >= 0.3 is 18.2 Å². The number of anilines is 1. The van der Waals surface area contributed by atoms with Crippen molar-refractivity contribution in [2.24, 2.45) is 0 Å². The topological polar surface area (TPSA) is 90.7 Å². The van der Waals surface area contributed by atoms with Crippen molar-refractivity contribution in [1.82, 2.24) is 4.90 Å². The van der Waals surface area contributed by atoms with Crippen LogP contribution in [0, 0.1) is 11.3 Å². The first-order chi connectivity index (χ1) is 15.0. The minimum Gasteiger partial charge on any atom is -0.462 e. The van der Waals surface area contributed by atoms with E-state index in [1.165, 1.54) is 24.8 Å². The van der Waals surface area contributed by atoms with E-state index in [1.807, 2.05) is 0 Å². The van der Waals surface area contributed by atoms with Gasteiger partial charge in [0.25, 0.3) is 5.91 Å². The number of nitrogens with zero attached hydrogens (tertiary/aromatic N) is 3. The van der Waals surface area contributed by atoms with Gasteiger partial charge in [-0.25, -0.2) is 9.69 Å². The molecule has 0 bridgehead atoms. The molecule has 1 aromatic carbocycles. The molecule has 1 saturated carbocycles. The fourth-order valence-electron chi connectivity index (χ4n) is 4.07. The third kappa shape index (κ3) is 4.56. The molecule has 1 aromatic rings. The lowest BCUT2D eigenvalue weighted by Gasteiger charge is -2.27. The summed E-state index contributed by atoms with van der Waals surface area (Å²) < 4.78 is 45.3. The molecule has 1 heterocycles. The maximum absolute atomic E-state index is 13.3. The number of esters is 1. The Kier molecular flexibility index (Phi) is 6.49. The molecule has 0 radical (unpaired) electrons. The second-order valence-electron chi connectivity index (χ2n) is 8.47. The zero-order chi connectivity index (χ0) is 23.7. The zero-order valence-electron chi connectivity index (χ0n) is 17.9. The second kappa shape index (κ2) is 8.81. The van der Waals surface area contributed by atoms with Gasteiger partial charge in [0, 0.05) is 13.0 Å². The summed E-state index contributed by atoms with van der Waals surface area (Å²) in [6, 6.07) is 3.40. The van der Waals surface area contributed by atoms with E-state index in [4.69, 9.17) is 10.00 Å². The Balaban J connectivity index is 1.73. The summed E-state index contributed by atoms with van der Waals surface area (Å²) in [7, 11) is 0. The number of carbonyl (C=O) groups is 3. The van der Waals surface area contributed by atoms with Crippen LogP contribution in [-0.4, -0.2) is 41.0 Å². The Morgan fingerprint density at radius 1 is 1.25 bits per heavy atom. The quantitative estimate of drug-likeness (QED) is 0.473. The molecule has 1 aliphatic heterocycles. The smallest absolute Gasteiger partial charge is 0.417 e. The number of halogens is 3. The minimum atomic E-state index is -4.82. The minimum absolute atomic E-state index is 0.0657. The lowest BCUT2D eigenvalue weighted by atomic mass is 10.0. The molecule has 0 N–H and O–H groups in total. The molecule has 10 heteroatoms. The van der Waals surface area contributed by atoms with Crippen molar-refractivity contribution in [3.63, 3.8) is 0 Å². The first-order valence-electron chi connectivity index (χ1n) is 10.4. The van der Waals surface area contributed by atoms with Gasteiger partial charge in [0.15, 0.2) is 0 Å². The highest BCUT2D eigenvalue weighted by atomic mass is 19.4. The Bertz CT molecular complexity index is 962. The Morgan fingerprint density at radius 3 is 2.50 bits per heavy atom. The number of urea groups is 1. The summed E-state index contributed by atoms with van der Waals surface area (Å²) >= 11 is 0. The van der Waals surface area contributed by atoms with Crippen molar-refractivity contribution in [2.45, 2.75) is 70.2 Å². The predicted molar refractivity (Wildman–Crippen MR) is 107 cm³/mol. The number of carbonyl (C=O) groups excluding carboxylic acids is 3. The van der Waals surface area contributed by atoms with Crippen molar-refractivity contribution in [2.75, 3.05) is 11.4 Å². The molecule has 0 atom stereocenters. The largest absolute Gasteiger partial charge is 0.462 e. The first-order valence-corrected chi connectivity index (χ1v) is 10.4. The number of ether oxygens (including phenoxy) is 1. The van der Waals surface area contributed by atoms with Crippen LogP contribution in [0.4, 0.5) is 23.7 Å². The average Bonchev–Trinajstić information content (AvgIpc) is 3.28. The van der Waals surface area contributed by atoms with Crippen molar-refractivity contribution in [1.29, 1.82) is 5.26 Å². The maximum Gasteiger partial charge on any atom is 0.417 e. The van der Waals surface area contributed by atoms with Crippen LogP contribution in [0.1, 0.15) is 63.5 Å². The van der Waals surface area contributed by atoms with Crippen LogP contribution in [-0.2, 0) is 20.5 Å². The molecule has 3 amide bonds. The van der Waals surface area contributed by atoms with Crippen molar-refractivity contribution < 1.29 is 32.3 Å². The fourth-order valence-corrected chi connectivity index (χ4v) is 4.07. The van der Waals surface area contributed by atoms with Gasteiger partial charge < -0.3 is 9.64 Å². The van der Waals surface area contributed by atoms with E-state index in [0.29, 0.717) is 11.0 Å². The predicted octanol–water partition coefficient (Wildman–Crippen LogP) is 4.39. The van der Waals surface area contributed by atoms with Gasteiger partial charge in [-0.1, -0.05) is 0 Å². The van der Waals surface area contributed by atoms with E-state index < -0.39 is 34.8 Å². The molecule has 1 saturated heterocycles. The molecule has 172 valence electrons. The number of rotatable bonds is 6. The van der Waals surface area contributed by atoms with Crippen LogP contribution >= 0.6 is 0 Å². The number of hydrogen-bond acceptors (Lipinski definition) is 5. The van der Waals surface area contributed by atoms with Crippen molar-refractivity contribution in [3.8, 4) is 6.07 Å². The molecule has 0 aromatic heterocycles. The van der Waals surface area contributed by atoms with Gasteiger partial charge in [-0.2, -0.15) is 18.4 Å². The molecule has 2 aliphatic rings. The van der Waals surface area contributed by atoms with E-state index in [0.717, 1.165) is 37.8 Å². The number of imide groups is 1. The van der Waals surface area contributed by atoms with E-state index in [9.17, 15) is 27.6 Å². The number of nitriles is 1. The summed E-state index contributed by atoms with van der Waals surface area (Å²) in [5.41, 5.74) is -3.39. The average molecular weight is 451 g/mol. The summed E-state index contributed by atoms with van der Waals surface area (Å²) in [5, 5.41) is 8.96. The molecule has 0 spiro atoms. The van der Waals surface area contributed by atoms with Crippen LogP contribution in [0.5, 0.6) is 0 Å². The van der Waals surface area contributed by atoms with Gasteiger partial charge in [-0.3, -0.25) is 9.59 Å². The highest BCUT2D eigenvalue weighted by Crippen LogP contribution is 2.37. The molecule has 3 rings (SSSR count). The molecule has 0 unspecified atom stereocenters. The Hall–Kier alpha value is -3.09. The number of amides is 3. The van der Waals surface area contributed by atoms with Gasteiger partial charge in [-0.05, 0) is 64.2 Å². The highest BCUT2D eigenvalue weighted by Gasteiger charge is 2.52. The van der Waals surface area contributed by atoms with Crippen LogP contribution in [0.25, 0.3) is 0 Å². The molecule has 1 aliphatic carbocycles. The molecule has 32 heavy (non-hydrogen) atoms. The number of benzene rings is 1. The zero-order valence-corrected chi connectivity index (χ0v) is 17.9. The third-order valence-corrected chi connectivity index (χ3v) is 5.87. The maximum atomic E-state index is 13.3. The molecule has 2 fully saturated rings. The standard InChI is InChI=1S/C22H24F3N3O4/c1-21(2)19(30)28(15-10-9-14(13-26)17(12-15)22(23,24)25)20(31)27(21)11-5-8-18(29)32-16-6-3-4-7-16/h9-10,12,16H,3-8,11H2,1-2H3. The van der Waals surface area contributed by atoms with Crippen molar-refractivity contribution in [3.05, 3.63) is 29.3 Å². The Labute approximate surface area is 183 Å². The van der Waals surface area contributed by atoms with Gasteiger partial charge in [0.2, 0.25) is 0 Å². The summed E-state index contributed by atoms with van der Waals surface area (Å²) in [6.45, 7) is 3.06. The second-order valence-corrected chi connectivity index (χ2v) is 8.47. The van der Waals surface area contributed by atoms with Crippen LogP contribution in [0.15, 0.2) is 18.2 Å². The lowest BCUT2D eigenvalue weighted by molar-refractivity contribution is -0.149. The van der Waals surface area contributed by atoms with E-state index >= 15 is 0 Å². The first kappa shape index (κ1) is 23.6. The number of hydrogen-bond donors (Lipinski definition) is 0. The van der Waals surface area contributed by atoms with E-state index in [1.54, 1.807) is 0 Å². The highest BCUT2D eigenvalue weighted by molar-refractivity contribution is 6.23. The van der Waals surface area contributed by atoms with E-state index in [-0.39, 0.29) is 37.1 Å². The SMILES string of the molecule is CC1(C)C(=O)N(c2ccc(C#N)c(C(F)(F)F)c2)C(=O)N1CCCC(=O)OC1CCCC1.